The summed E-state index contributed by atoms with van der Waals surface area (Å²) in [6, 6.07) is 11.7. The van der Waals surface area contributed by atoms with E-state index in [0.717, 1.165) is 15.6 Å². The number of rotatable bonds is 4. The molecular weight excluding hydrogens is 419 g/mol. The van der Waals surface area contributed by atoms with Gasteiger partial charge in [-0.3, -0.25) is 9.69 Å². The quantitative estimate of drug-likeness (QED) is 0.533. The van der Waals surface area contributed by atoms with Crippen LogP contribution in [0.25, 0.3) is 6.08 Å². The van der Waals surface area contributed by atoms with E-state index in [1.807, 2.05) is 18.2 Å². The van der Waals surface area contributed by atoms with Crippen molar-refractivity contribution in [3.8, 4) is 5.75 Å². The van der Waals surface area contributed by atoms with Crippen molar-refractivity contribution < 1.29 is 13.9 Å². The summed E-state index contributed by atoms with van der Waals surface area (Å²) in [6.07, 6.45) is 1.75. The van der Waals surface area contributed by atoms with Gasteiger partial charge in [0.2, 0.25) is 0 Å². The van der Waals surface area contributed by atoms with Crippen LogP contribution in [-0.4, -0.2) is 34.9 Å². The average Bonchev–Trinajstić information content (AvgIpc) is 2.80. The predicted octanol–water partition coefficient (Wildman–Crippen LogP) is 4.20. The summed E-state index contributed by atoms with van der Waals surface area (Å²) in [5.41, 5.74) is 2.07. The lowest BCUT2D eigenvalue weighted by Gasteiger charge is -2.13. The number of carbonyl (C=O) groups excluding carboxylic acids is 1. The van der Waals surface area contributed by atoms with Crippen molar-refractivity contribution in [1.29, 1.82) is 0 Å². The van der Waals surface area contributed by atoms with Gasteiger partial charge in [-0.05, 0) is 54.2 Å². The van der Waals surface area contributed by atoms with Gasteiger partial charge in [0.15, 0.2) is 5.11 Å². The highest BCUT2D eigenvalue weighted by molar-refractivity contribution is 9.10. The largest absolute Gasteiger partial charge is 0.488 e. The summed E-state index contributed by atoms with van der Waals surface area (Å²) < 4.78 is 19.8. The maximum atomic E-state index is 13.0. The first kappa shape index (κ1) is 18.5. The maximum Gasteiger partial charge on any atom is 0.276 e. The SMILES string of the molecule is CN1C(=O)/C(=C/c2cc(Br)ccc2OCc2ccc(F)cc2)N(C)C1=S. The first-order valence-corrected chi connectivity index (χ1v) is 9.01. The lowest BCUT2D eigenvalue weighted by molar-refractivity contribution is -0.121. The molecule has 4 nitrogen and oxygen atoms in total. The number of halogens is 2. The zero-order valence-corrected chi connectivity index (χ0v) is 16.6. The van der Waals surface area contributed by atoms with Crippen molar-refractivity contribution in [1.82, 2.24) is 9.80 Å². The van der Waals surface area contributed by atoms with Gasteiger partial charge in [0, 0.05) is 24.1 Å². The Labute approximate surface area is 165 Å². The minimum atomic E-state index is -0.286. The minimum Gasteiger partial charge on any atom is -0.488 e. The second-order valence-electron chi connectivity index (χ2n) is 5.83. The van der Waals surface area contributed by atoms with Crippen LogP contribution in [0, 0.1) is 5.82 Å². The van der Waals surface area contributed by atoms with Crippen molar-refractivity contribution in [2.45, 2.75) is 6.61 Å². The average molecular weight is 435 g/mol. The zero-order chi connectivity index (χ0) is 18.8. The van der Waals surface area contributed by atoms with Gasteiger partial charge >= 0.3 is 0 Å². The second-order valence-corrected chi connectivity index (χ2v) is 7.11. The molecule has 0 radical (unpaired) electrons. The van der Waals surface area contributed by atoms with Crippen molar-refractivity contribution >= 4 is 45.2 Å². The van der Waals surface area contributed by atoms with E-state index in [1.54, 1.807) is 37.2 Å². The third-order valence-corrected chi connectivity index (χ3v) is 5.07. The molecule has 1 aliphatic heterocycles. The summed E-state index contributed by atoms with van der Waals surface area (Å²) in [6.45, 7) is 0.292. The highest BCUT2D eigenvalue weighted by Crippen LogP contribution is 2.29. The first-order chi connectivity index (χ1) is 12.4. The molecule has 0 bridgehead atoms. The van der Waals surface area contributed by atoms with Gasteiger partial charge in [-0.25, -0.2) is 4.39 Å². The van der Waals surface area contributed by atoms with E-state index in [0.29, 0.717) is 23.2 Å². The number of nitrogens with zero attached hydrogens (tertiary/aromatic N) is 2. The third kappa shape index (κ3) is 3.78. The lowest BCUT2D eigenvalue weighted by atomic mass is 10.1. The normalized spacial score (nSPS) is 15.9. The highest BCUT2D eigenvalue weighted by atomic mass is 79.9. The van der Waals surface area contributed by atoms with Crippen LogP contribution in [0.4, 0.5) is 4.39 Å². The number of thiocarbonyl (C=S) groups is 1. The van der Waals surface area contributed by atoms with Crippen LogP contribution in [0.1, 0.15) is 11.1 Å². The Kier molecular flexibility index (Phi) is 5.38. The molecule has 0 atom stereocenters. The molecular formula is C19H16BrFN2O2S. The van der Waals surface area contributed by atoms with Gasteiger partial charge in [0.25, 0.3) is 5.91 Å². The van der Waals surface area contributed by atoms with Gasteiger partial charge in [-0.15, -0.1) is 0 Å². The van der Waals surface area contributed by atoms with E-state index in [9.17, 15) is 9.18 Å². The number of hydrogen-bond donors (Lipinski definition) is 0. The molecule has 1 fully saturated rings. The van der Waals surface area contributed by atoms with E-state index in [-0.39, 0.29) is 11.7 Å². The third-order valence-electron chi connectivity index (χ3n) is 4.03. The van der Waals surface area contributed by atoms with Gasteiger partial charge in [-0.1, -0.05) is 28.1 Å². The van der Waals surface area contributed by atoms with Crippen LogP contribution in [0.2, 0.25) is 0 Å². The number of amides is 1. The van der Waals surface area contributed by atoms with Crippen molar-refractivity contribution in [3.05, 3.63) is 69.6 Å². The smallest absolute Gasteiger partial charge is 0.276 e. The number of benzene rings is 2. The molecule has 0 N–H and O–H groups in total. The number of carbonyl (C=O) groups is 1. The predicted molar refractivity (Wildman–Crippen MR) is 106 cm³/mol. The van der Waals surface area contributed by atoms with E-state index in [1.165, 1.54) is 17.0 Å². The summed E-state index contributed by atoms with van der Waals surface area (Å²) in [4.78, 5) is 15.5. The van der Waals surface area contributed by atoms with Crippen molar-refractivity contribution in [2.24, 2.45) is 0 Å². The van der Waals surface area contributed by atoms with Gasteiger partial charge in [0.1, 0.15) is 23.9 Å². The van der Waals surface area contributed by atoms with Crippen LogP contribution < -0.4 is 4.74 Å². The molecule has 0 aliphatic carbocycles. The topological polar surface area (TPSA) is 32.8 Å². The highest BCUT2D eigenvalue weighted by Gasteiger charge is 2.32. The Balaban J connectivity index is 1.89. The molecule has 7 heteroatoms. The molecule has 3 rings (SSSR count). The molecule has 26 heavy (non-hydrogen) atoms. The molecule has 2 aromatic carbocycles. The zero-order valence-electron chi connectivity index (χ0n) is 14.2. The van der Waals surface area contributed by atoms with Gasteiger partial charge in [-0.2, -0.15) is 0 Å². The summed E-state index contributed by atoms with van der Waals surface area (Å²) in [5.74, 6) is 0.166. The molecule has 1 aliphatic rings. The van der Waals surface area contributed by atoms with Crippen LogP contribution in [0.15, 0.2) is 52.6 Å². The summed E-state index contributed by atoms with van der Waals surface area (Å²) in [5, 5.41) is 0.449. The fourth-order valence-corrected chi connectivity index (χ4v) is 3.10. The molecule has 2 aromatic rings. The van der Waals surface area contributed by atoms with Crippen LogP contribution in [0.3, 0.4) is 0 Å². The molecule has 0 unspecified atom stereocenters. The molecule has 1 amide bonds. The Bertz CT molecular complexity index is 899. The van der Waals surface area contributed by atoms with Gasteiger partial charge in [0.05, 0.1) is 0 Å². The van der Waals surface area contributed by atoms with E-state index >= 15 is 0 Å². The lowest BCUT2D eigenvalue weighted by Crippen LogP contribution is -2.26. The monoisotopic (exact) mass is 434 g/mol. The Hall–Kier alpha value is -2.25. The van der Waals surface area contributed by atoms with E-state index in [2.05, 4.69) is 15.9 Å². The molecule has 1 saturated heterocycles. The number of likely N-dealkylation sites (N-methyl/N-ethyl adjacent to an activating group) is 2. The fraction of sp³-hybridized carbons (Fsp3) is 0.158. The maximum absolute atomic E-state index is 13.0. The Morgan fingerprint density at radius 3 is 2.46 bits per heavy atom. The summed E-state index contributed by atoms with van der Waals surface area (Å²) >= 11 is 8.68. The van der Waals surface area contributed by atoms with E-state index < -0.39 is 0 Å². The molecule has 0 saturated carbocycles. The number of ether oxygens (including phenoxy) is 1. The van der Waals surface area contributed by atoms with Crippen LogP contribution in [-0.2, 0) is 11.4 Å². The second kappa shape index (κ2) is 7.55. The van der Waals surface area contributed by atoms with Crippen LogP contribution >= 0.6 is 28.1 Å². The summed E-state index contributed by atoms with van der Waals surface area (Å²) in [7, 11) is 3.40. The van der Waals surface area contributed by atoms with E-state index in [4.69, 9.17) is 17.0 Å². The molecule has 1 heterocycles. The van der Waals surface area contributed by atoms with Gasteiger partial charge < -0.3 is 9.64 Å². The fourth-order valence-electron chi connectivity index (χ4n) is 2.54. The molecule has 0 spiro atoms. The Morgan fingerprint density at radius 1 is 1.15 bits per heavy atom. The molecule has 134 valence electrons. The Morgan fingerprint density at radius 2 is 1.85 bits per heavy atom. The van der Waals surface area contributed by atoms with Crippen molar-refractivity contribution in [2.75, 3.05) is 14.1 Å². The minimum absolute atomic E-state index is 0.165. The standard InChI is InChI=1S/C19H16BrFN2O2S/c1-22-16(18(24)23(2)19(22)26)10-13-9-14(20)5-8-17(13)25-11-12-3-6-15(21)7-4-12/h3-10H,11H2,1-2H3/b16-10-. The molecule has 0 aromatic heterocycles. The number of hydrogen-bond acceptors (Lipinski definition) is 3. The first-order valence-electron chi connectivity index (χ1n) is 7.81. The van der Waals surface area contributed by atoms with Crippen molar-refractivity contribution in [3.63, 3.8) is 0 Å². The van der Waals surface area contributed by atoms with Crippen LogP contribution in [0.5, 0.6) is 5.75 Å².